The Balaban J connectivity index is 3.19. The van der Waals surface area contributed by atoms with Gasteiger partial charge in [-0.05, 0) is 18.2 Å². The first kappa shape index (κ1) is 13.1. The highest BCUT2D eigenvalue weighted by Crippen LogP contribution is 2.32. The van der Waals surface area contributed by atoms with Crippen molar-refractivity contribution in [2.75, 3.05) is 11.9 Å². The van der Waals surface area contributed by atoms with Crippen LogP contribution in [0.25, 0.3) is 0 Å². The van der Waals surface area contributed by atoms with Gasteiger partial charge in [-0.25, -0.2) is 4.79 Å². The zero-order valence-electron chi connectivity index (χ0n) is 8.71. The normalized spacial score (nSPS) is 11.0. The number of nitrogens with one attached hydrogen (secondary N) is 1. The highest BCUT2D eigenvalue weighted by atomic mass is 19.4. The fraction of sp³-hybridized carbons (Fsp3) is 0.182. The SMILES string of the molecule is C=CCNc1cc(C(F)(F)F)ccc1C(=O)O. The molecule has 0 spiro atoms. The Bertz CT molecular complexity index is 441. The van der Waals surface area contributed by atoms with Crippen LogP contribution in [0.4, 0.5) is 18.9 Å². The van der Waals surface area contributed by atoms with Gasteiger partial charge in [0.05, 0.1) is 11.1 Å². The molecule has 1 rings (SSSR count). The van der Waals surface area contributed by atoms with Gasteiger partial charge in [0, 0.05) is 12.2 Å². The number of aromatic carboxylic acids is 1. The number of benzene rings is 1. The van der Waals surface area contributed by atoms with Crippen molar-refractivity contribution in [1.82, 2.24) is 0 Å². The quantitative estimate of drug-likeness (QED) is 0.801. The summed E-state index contributed by atoms with van der Waals surface area (Å²) in [6, 6.07) is 2.44. The lowest BCUT2D eigenvalue weighted by atomic mass is 10.1. The summed E-state index contributed by atoms with van der Waals surface area (Å²) in [6.45, 7) is 3.57. The summed E-state index contributed by atoms with van der Waals surface area (Å²) in [6.07, 6.45) is -3.08. The predicted octanol–water partition coefficient (Wildman–Crippen LogP) is 3.00. The van der Waals surface area contributed by atoms with Crippen LogP contribution in [0.3, 0.4) is 0 Å². The maximum absolute atomic E-state index is 12.4. The third-order valence-corrected chi connectivity index (χ3v) is 2.01. The van der Waals surface area contributed by atoms with Gasteiger partial charge in [0.2, 0.25) is 0 Å². The van der Waals surface area contributed by atoms with Crippen LogP contribution in [0, 0.1) is 0 Å². The lowest BCUT2D eigenvalue weighted by molar-refractivity contribution is -0.137. The Morgan fingerprint density at radius 1 is 1.47 bits per heavy atom. The summed E-state index contributed by atoms with van der Waals surface area (Å²) in [7, 11) is 0. The van der Waals surface area contributed by atoms with E-state index in [-0.39, 0.29) is 17.8 Å². The molecule has 0 saturated carbocycles. The molecule has 0 aliphatic carbocycles. The molecule has 0 atom stereocenters. The van der Waals surface area contributed by atoms with E-state index in [0.29, 0.717) is 0 Å². The molecule has 0 aliphatic heterocycles. The van der Waals surface area contributed by atoms with Crippen molar-refractivity contribution in [1.29, 1.82) is 0 Å². The van der Waals surface area contributed by atoms with Crippen LogP contribution in [0.1, 0.15) is 15.9 Å². The minimum absolute atomic E-state index is 0.0766. The second kappa shape index (κ2) is 4.90. The molecule has 3 nitrogen and oxygen atoms in total. The van der Waals surface area contributed by atoms with Gasteiger partial charge < -0.3 is 10.4 Å². The molecular formula is C11H10F3NO2. The van der Waals surface area contributed by atoms with E-state index in [0.717, 1.165) is 18.2 Å². The Kier molecular flexibility index (Phi) is 3.77. The van der Waals surface area contributed by atoms with Crippen molar-refractivity contribution in [3.63, 3.8) is 0 Å². The maximum Gasteiger partial charge on any atom is 0.416 e. The van der Waals surface area contributed by atoms with Gasteiger partial charge in [-0.15, -0.1) is 6.58 Å². The van der Waals surface area contributed by atoms with Gasteiger partial charge in [-0.3, -0.25) is 0 Å². The number of halogens is 3. The van der Waals surface area contributed by atoms with Gasteiger partial charge in [-0.1, -0.05) is 6.08 Å². The monoisotopic (exact) mass is 245 g/mol. The molecular weight excluding hydrogens is 235 g/mol. The predicted molar refractivity (Wildman–Crippen MR) is 57.1 cm³/mol. The average Bonchev–Trinajstić information content (AvgIpc) is 2.24. The zero-order valence-corrected chi connectivity index (χ0v) is 8.71. The molecule has 0 aromatic heterocycles. The van der Waals surface area contributed by atoms with Crippen LogP contribution in [-0.2, 0) is 6.18 Å². The minimum Gasteiger partial charge on any atom is -0.478 e. The molecule has 1 aromatic rings. The van der Waals surface area contributed by atoms with Gasteiger partial charge in [-0.2, -0.15) is 13.2 Å². The second-order valence-corrected chi connectivity index (χ2v) is 3.23. The smallest absolute Gasteiger partial charge is 0.416 e. The largest absolute Gasteiger partial charge is 0.478 e. The van der Waals surface area contributed by atoms with E-state index in [1.54, 1.807) is 0 Å². The van der Waals surface area contributed by atoms with Gasteiger partial charge in [0.15, 0.2) is 0 Å². The van der Waals surface area contributed by atoms with E-state index in [9.17, 15) is 18.0 Å². The van der Waals surface area contributed by atoms with E-state index in [2.05, 4.69) is 11.9 Å². The highest BCUT2D eigenvalue weighted by molar-refractivity contribution is 5.94. The standard InChI is InChI=1S/C11H10F3NO2/c1-2-5-15-9-6-7(11(12,13)14)3-4-8(9)10(16)17/h2-4,6,15H,1,5H2,(H,16,17). The van der Waals surface area contributed by atoms with Crippen molar-refractivity contribution >= 4 is 11.7 Å². The van der Waals surface area contributed by atoms with Gasteiger partial charge >= 0.3 is 12.1 Å². The van der Waals surface area contributed by atoms with E-state index in [4.69, 9.17) is 5.11 Å². The summed E-state index contributed by atoms with van der Waals surface area (Å²) >= 11 is 0. The third-order valence-electron chi connectivity index (χ3n) is 2.01. The Labute approximate surface area is 95.6 Å². The highest BCUT2D eigenvalue weighted by Gasteiger charge is 2.31. The van der Waals surface area contributed by atoms with E-state index >= 15 is 0 Å². The first-order valence-corrected chi connectivity index (χ1v) is 4.65. The topological polar surface area (TPSA) is 49.3 Å². The van der Waals surface area contributed by atoms with Crippen molar-refractivity contribution in [2.24, 2.45) is 0 Å². The fourth-order valence-corrected chi connectivity index (χ4v) is 1.24. The van der Waals surface area contributed by atoms with Gasteiger partial charge in [0.1, 0.15) is 0 Å². The first-order chi connectivity index (χ1) is 7.86. The second-order valence-electron chi connectivity index (χ2n) is 3.23. The molecule has 0 bridgehead atoms. The summed E-state index contributed by atoms with van der Waals surface area (Å²) < 4.78 is 37.3. The average molecular weight is 245 g/mol. The molecule has 0 amide bonds. The molecule has 0 fully saturated rings. The number of hydrogen-bond acceptors (Lipinski definition) is 2. The number of carboxylic acid groups (broad SMARTS) is 1. The summed E-state index contributed by atoms with van der Waals surface area (Å²) in [4.78, 5) is 10.8. The number of anilines is 1. The van der Waals surface area contributed by atoms with Crippen molar-refractivity contribution in [3.8, 4) is 0 Å². The lowest BCUT2D eigenvalue weighted by Gasteiger charge is -2.12. The van der Waals surface area contributed by atoms with Crippen LogP contribution >= 0.6 is 0 Å². The lowest BCUT2D eigenvalue weighted by Crippen LogP contribution is -2.10. The molecule has 0 aliphatic rings. The molecule has 0 unspecified atom stereocenters. The number of alkyl halides is 3. The Morgan fingerprint density at radius 2 is 2.12 bits per heavy atom. The fourth-order valence-electron chi connectivity index (χ4n) is 1.24. The van der Waals surface area contributed by atoms with Gasteiger partial charge in [0.25, 0.3) is 0 Å². The molecule has 0 radical (unpaired) electrons. The van der Waals surface area contributed by atoms with E-state index in [1.165, 1.54) is 6.08 Å². The number of rotatable bonds is 4. The number of carbonyl (C=O) groups is 1. The van der Waals surface area contributed by atoms with E-state index < -0.39 is 17.7 Å². The first-order valence-electron chi connectivity index (χ1n) is 4.65. The molecule has 1 aromatic carbocycles. The molecule has 0 heterocycles. The van der Waals surface area contributed by atoms with Crippen LogP contribution in [0.15, 0.2) is 30.9 Å². The summed E-state index contributed by atoms with van der Waals surface area (Å²) in [5, 5.41) is 11.4. The van der Waals surface area contributed by atoms with Crippen molar-refractivity contribution < 1.29 is 23.1 Å². The molecule has 2 N–H and O–H groups in total. The molecule has 17 heavy (non-hydrogen) atoms. The maximum atomic E-state index is 12.4. The number of hydrogen-bond donors (Lipinski definition) is 2. The molecule has 6 heteroatoms. The van der Waals surface area contributed by atoms with E-state index in [1.807, 2.05) is 0 Å². The molecule has 92 valence electrons. The summed E-state index contributed by atoms with van der Waals surface area (Å²) in [5.74, 6) is -1.29. The minimum atomic E-state index is -4.50. The van der Waals surface area contributed by atoms with Crippen LogP contribution in [-0.4, -0.2) is 17.6 Å². The Morgan fingerprint density at radius 3 is 2.59 bits per heavy atom. The van der Waals surface area contributed by atoms with Crippen LogP contribution in [0.2, 0.25) is 0 Å². The van der Waals surface area contributed by atoms with Crippen molar-refractivity contribution in [2.45, 2.75) is 6.18 Å². The third kappa shape index (κ3) is 3.24. The number of carboxylic acids is 1. The summed E-state index contributed by atoms with van der Waals surface area (Å²) in [5.41, 5.74) is -1.18. The van der Waals surface area contributed by atoms with Crippen LogP contribution < -0.4 is 5.32 Å². The van der Waals surface area contributed by atoms with Crippen LogP contribution in [0.5, 0.6) is 0 Å². The molecule has 0 saturated heterocycles. The zero-order chi connectivity index (χ0) is 13.1. The Hall–Kier alpha value is -1.98. The van der Waals surface area contributed by atoms with Crippen molar-refractivity contribution in [3.05, 3.63) is 42.0 Å².